The highest BCUT2D eigenvalue weighted by molar-refractivity contribution is 6.30. The topological polar surface area (TPSA) is 60.2 Å². The van der Waals surface area contributed by atoms with E-state index >= 15 is 0 Å². The lowest BCUT2D eigenvalue weighted by Crippen LogP contribution is -2.53. The van der Waals surface area contributed by atoms with E-state index in [0.717, 1.165) is 12.7 Å². The third-order valence-corrected chi connectivity index (χ3v) is 4.23. The number of methoxy groups -OCH3 is 1. The van der Waals surface area contributed by atoms with Crippen molar-refractivity contribution >= 4 is 29.4 Å². The number of ether oxygens (including phenoxy) is 2. The number of hydrogen-bond acceptors (Lipinski definition) is 5. The Morgan fingerprint density at radius 3 is 1.89 bits per heavy atom. The Morgan fingerprint density at radius 1 is 1.00 bits per heavy atom. The summed E-state index contributed by atoms with van der Waals surface area (Å²) in [7, 11) is 0.837. The van der Waals surface area contributed by atoms with Crippen LogP contribution < -0.4 is 0 Å². The molecule has 0 bridgehead atoms. The third kappa shape index (κ3) is 3.60. The molecule has 0 aromatic heterocycles. The summed E-state index contributed by atoms with van der Waals surface area (Å²) >= 11 is 5.83. The van der Waals surface area contributed by atoms with Gasteiger partial charge in [0.15, 0.2) is 0 Å². The van der Waals surface area contributed by atoms with Crippen molar-refractivity contribution in [1.82, 2.24) is 0 Å². The number of esters is 1. The lowest BCUT2D eigenvalue weighted by Gasteiger charge is -2.30. The van der Waals surface area contributed by atoms with Crippen molar-refractivity contribution in [2.24, 2.45) is 9.98 Å². The monoisotopic (exact) mass is 410 g/mol. The van der Waals surface area contributed by atoms with Crippen LogP contribution in [0.3, 0.4) is 0 Å². The van der Waals surface area contributed by atoms with Gasteiger partial charge >= 0.3 is 17.8 Å². The zero-order valence-corrected chi connectivity index (χ0v) is 15.5. The zero-order valence-electron chi connectivity index (χ0n) is 14.7. The highest BCUT2D eigenvalue weighted by atomic mass is 35.5. The second-order valence-corrected chi connectivity index (χ2v) is 6.41. The molecule has 2 aromatic rings. The van der Waals surface area contributed by atoms with Gasteiger partial charge in [-0.2, -0.15) is 23.2 Å². The summed E-state index contributed by atoms with van der Waals surface area (Å²) in [5.74, 6) is -2.49. The molecule has 3 rings (SSSR count). The van der Waals surface area contributed by atoms with Gasteiger partial charge in [-0.25, -0.2) is 4.79 Å². The molecule has 1 heterocycles. The average Bonchev–Trinajstić information content (AvgIpc) is 2.67. The van der Waals surface area contributed by atoms with E-state index < -0.39 is 29.6 Å². The van der Waals surface area contributed by atoms with Crippen molar-refractivity contribution in [2.75, 3.05) is 7.11 Å². The predicted molar refractivity (Wildman–Crippen MR) is 97.6 cm³/mol. The highest BCUT2D eigenvalue weighted by Crippen LogP contribution is 2.39. The second-order valence-electron chi connectivity index (χ2n) is 5.97. The van der Waals surface area contributed by atoms with Crippen LogP contribution in [0.4, 0.5) is 13.2 Å². The number of carbonyl (C=O) groups excluding carboxylic acids is 1. The van der Waals surface area contributed by atoms with Gasteiger partial charge in [0.25, 0.3) is 0 Å². The van der Waals surface area contributed by atoms with Gasteiger partial charge in [0.05, 0.1) is 7.11 Å². The molecule has 2 aromatic carbocycles. The smallest absolute Gasteiger partial charge is 0.446 e. The van der Waals surface area contributed by atoms with Crippen molar-refractivity contribution in [3.8, 4) is 0 Å². The van der Waals surface area contributed by atoms with Crippen LogP contribution in [-0.4, -0.2) is 36.7 Å². The number of halogens is 4. The number of alkyl halides is 3. The number of nitrogens with zero attached hydrogens (tertiary/aromatic N) is 2. The van der Waals surface area contributed by atoms with Crippen LogP contribution in [0.5, 0.6) is 0 Å². The molecule has 9 heteroatoms. The standard InChI is InChI=1S/C19H14ClF3N2O3/c1-11-3-5-12(6-4-11)15-24-18(17(26)27-2,19(21,22)23)25-16(28-15)13-7-9-14(20)10-8-13/h3-10H,1-2H3/t18-/m1/s1. The number of hydrogen-bond donors (Lipinski definition) is 0. The second kappa shape index (κ2) is 7.27. The van der Waals surface area contributed by atoms with Gasteiger partial charge in [-0.1, -0.05) is 29.3 Å². The molecule has 0 aliphatic carbocycles. The quantitative estimate of drug-likeness (QED) is 0.709. The van der Waals surface area contributed by atoms with Gasteiger partial charge < -0.3 is 9.47 Å². The number of aliphatic imine (C=N–C) groups is 2. The molecule has 0 unspecified atom stereocenters. The number of benzene rings is 2. The maximum atomic E-state index is 13.9. The maximum absolute atomic E-state index is 13.9. The van der Waals surface area contributed by atoms with E-state index in [4.69, 9.17) is 16.3 Å². The summed E-state index contributed by atoms with van der Waals surface area (Å²) in [5, 5.41) is 0.377. The van der Waals surface area contributed by atoms with Gasteiger partial charge in [-0.3, -0.25) is 0 Å². The van der Waals surface area contributed by atoms with E-state index in [1.165, 1.54) is 36.4 Å². The summed E-state index contributed by atoms with van der Waals surface area (Å²) in [5.41, 5.74) is -2.14. The fourth-order valence-corrected chi connectivity index (χ4v) is 2.59. The van der Waals surface area contributed by atoms with Crippen LogP contribution in [0.25, 0.3) is 0 Å². The summed E-state index contributed by atoms with van der Waals surface area (Å²) < 4.78 is 51.8. The lowest BCUT2D eigenvalue weighted by atomic mass is 10.1. The summed E-state index contributed by atoms with van der Waals surface area (Å²) in [6, 6.07) is 12.2. The first-order valence-electron chi connectivity index (χ1n) is 8.02. The van der Waals surface area contributed by atoms with Crippen molar-refractivity contribution in [1.29, 1.82) is 0 Å². The fraction of sp³-hybridized carbons (Fsp3) is 0.211. The molecule has 0 spiro atoms. The fourth-order valence-electron chi connectivity index (χ4n) is 2.47. The van der Waals surface area contributed by atoms with Crippen molar-refractivity contribution in [2.45, 2.75) is 18.8 Å². The molecule has 28 heavy (non-hydrogen) atoms. The average molecular weight is 411 g/mol. The molecule has 0 N–H and O–H groups in total. The SMILES string of the molecule is COC(=O)[C@@]1(C(F)(F)F)N=C(c2ccc(C)cc2)OC(c2ccc(Cl)cc2)=N1. The number of rotatable bonds is 3. The van der Waals surface area contributed by atoms with E-state index in [1.54, 1.807) is 12.1 Å². The van der Waals surface area contributed by atoms with E-state index in [0.29, 0.717) is 5.02 Å². The minimum atomic E-state index is -5.16. The maximum Gasteiger partial charge on any atom is 0.446 e. The van der Waals surface area contributed by atoms with Crippen LogP contribution in [-0.2, 0) is 14.3 Å². The normalized spacial score (nSPS) is 19.4. The molecule has 1 aliphatic rings. The molecule has 0 saturated carbocycles. The molecule has 1 aliphatic heterocycles. The van der Waals surface area contributed by atoms with E-state index in [-0.39, 0.29) is 11.1 Å². The molecule has 0 amide bonds. The van der Waals surface area contributed by atoms with E-state index in [9.17, 15) is 18.0 Å². The largest absolute Gasteiger partial charge is 0.465 e. The lowest BCUT2D eigenvalue weighted by molar-refractivity contribution is -0.202. The Kier molecular flexibility index (Phi) is 5.16. The van der Waals surface area contributed by atoms with E-state index in [1.807, 2.05) is 6.92 Å². The van der Waals surface area contributed by atoms with E-state index in [2.05, 4.69) is 14.7 Å². The number of carbonyl (C=O) groups is 1. The highest BCUT2D eigenvalue weighted by Gasteiger charge is 2.65. The summed E-state index contributed by atoms with van der Waals surface area (Å²) in [6.07, 6.45) is -5.16. The molecule has 5 nitrogen and oxygen atoms in total. The molecule has 146 valence electrons. The van der Waals surface area contributed by atoms with Crippen LogP contribution in [0.1, 0.15) is 16.7 Å². The minimum Gasteiger partial charge on any atom is -0.465 e. The van der Waals surface area contributed by atoms with Gasteiger partial charge in [0.2, 0.25) is 11.8 Å². The Labute approximate surface area is 163 Å². The van der Waals surface area contributed by atoms with Crippen LogP contribution >= 0.6 is 11.6 Å². The van der Waals surface area contributed by atoms with Crippen LogP contribution in [0.2, 0.25) is 5.02 Å². The molecule has 0 fully saturated rings. The predicted octanol–water partition coefficient (Wildman–Crippen LogP) is 4.30. The Morgan fingerprint density at radius 2 is 1.46 bits per heavy atom. The first-order valence-corrected chi connectivity index (χ1v) is 8.40. The van der Waals surface area contributed by atoms with Gasteiger partial charge in [0, 0.05) is 16.1 Å². The Balaban J connectivity index is 2.22. The summed E-state index contributed by atoms with van der Waals surface area (Å²) in [6.45, 7) is 1.82. The molecule has 0 saturated heterocycles. The minimum absolute atomic E-state index is 0.196. The summed E-state index contributed by atoms with van der Waals surface area (Å²) in [4.78, 5) is 19.2. The molecule has 0 radical (unpaired) electrons. The first-order chi connectivity index (χ1) is 13.2. The Hall–Kier alpha value is -2.87. The van der Waals surface area contributed by atoms with Crippen molar-refractivity contribution in [3.05, 3.63) is 70.2 Å². The first kappa shape index (κ1) is 19.9. The van der Waals surface area contributed by atoms with Crippen LogP contribution in [0, 0.1) is 6.92 Å². The van der Waals surface area contributed by atoms with Gasteiger partial charge in [0.1, 0.15) is 0 Å². The molecular formula is C19H14ClF3N2O3. The van der Waals surface area contributed by atoms with Crippen LogP contribution in [0.15, 0.2) is 58.5 Å². The third-order valence-electron chi connectivity index (χ3n) is 3.98. The van der Waals surface area contributed by atoms with Gasteiger partial charge in [-0.05, 0) is 43.3 Å². The van der Waals surface area contributed by atoms with Crippen molar-refractivity contribution < 1.29 is 27.4 Å². The van der Waals surface area contributed by atoms with Crippen molar-refractivity contribution in [3.63, 3.8) is 0 Å². The zero-order chi connectivity index (χ0) is 20.5. The van der Waals surface area contributed by atoms with Gasteiger partial charge in [-0.15, -0.1) is 0 Å². The Bertz CT molecular complexity index is 890. The number of aryl methyl sites for hydroxylation is 1. The molecular weight excluding hydrogens is 397 g/mol. The molecule has 1 atom stereocenters.